The topological polar surface area (TPSA) is 64.3 Å². The Labute approximate surface area is 99.6 Å². The maximum absolute atomic E-state index is 5.79. The van der Waals surface area contributed by atoms with Crippen LogP contribution >= 0.6 is 11.6 Å². The van der Waals surface area contributed by atoms with E-state index in [0.717, 1.165) is 25.9 Å². The number of halogens is 1. The third-order valence-electron chi connectivity index (χ3n) is 2.66. The second-order valence-electron chi connectivity index (χ2n) is 4.03. The van der Waals surface area contributed by atoms with Crippen LogP contribution in [0.1, 0.15) is 12.8 Å². The average Bonchev–Trinajstić information content (AvgIpc) is 2.25. The number of hydrogen-bond acceptors (Lipinski definition) is 5. The van der Waals surface area contributed by atoms with E-state index in [1.54, 1.807) is 0 Å². The molecule has 0 aromatic carbocycles. The maximum atomic E-state index is 5.79. The molecule has 2 heterocycles. The quantitative estimate of drug-likeness (QED) is 0.790. The Morgan fingerprint density at radius 3 is 3.12 bits per heavy atom. The van der Waals surface area contributed by atoms with Gasteiger partial charge in [0.15, 0.2) is 5.15 Å². The van der Waals surface area contributed by atoms with Crippen molar-refractivity contribution in [3.05, 3.63) is 11.5 Å². The van der Waals surface area contributed by atoms with E-state index in [1.165, 1.54) is 6.33 Å². The van der Waals surface area contributed by atoms with Crippen molar-refractivity contribution in [1.82, 2.24) is 14.9 Å². The van der Waals surface area contributed by atoms with Crippen molar-refractivity contribution in [2.75, 3.05) is 25.9 Å². The van der Waals surface area contributed by atoms with E-state index in [0.29, 0.717) is 11.6 Å². The number of likely N-dealkylation sites (N-methyl/N-ethyl adjacent to an activating group) is 1. The van der Waals surface area contributed by atoms with Crippen molar-refractivity contribution in [2.24, 2.45) is 0 Å². The van der Waals surface area contributed by atoms with Crippen LogP contribution in [0, 0.1) is 0 Å². The highest BCUT2D eigenvalue weighted by atomic mass is 35.5. The van der Waals surface area contributed by atoms with Gasteiger partial charge in [-0.3, -0.25) is 0 Å². The van der Waals surface area contributed by atoms with E-state index in [9.17, 15) is 0 Å². The first kappa shape index (κ1) is 11.4. The molecule has 5 nitrogen and oxygen atoms in total. The number of nitrogens with zero attached hydrogens (tertiary/aromatic N) is 3. The number of likely N-dealkylation sites (tertiary alicyclic amines) is 1. The van der Waals surface area contributed by atoms with Crippen LogP contribution < -0.4 is 10.5 Å². The van der Waals surface area contributed by atoms with Crippen LogP contribution in [0.5, 0.6) is 5.88 Å². The second-order valence-corrected chi connectivity index (χ2v) is 4.39. The zero-order chi connectivity index (χ0) is 11.5. The minimum absolute atomic E-state index is 0.131. The molecule has 1 atom stereocenters. The van der Waals surface area contributed by atoms with Crippen molar-refractivity contribution < 1.29 is 4.74 Å². The Morgan fingerprint density at radius 2 is 2.38 bits per heavy atom. The smallest absolute Gasteiger partial charge is 0.242 e. The molecular formula is C10H15ClN4O. The number of nitrogens with two attached hydrogens (primary N) is 1. The standard InChI is InChI=1S/C10H15ClN4O/c1-15-4-2-3-7(5-15)16-10-8(12)9(11)13-6-14-10/h6-7H,2-5,12H2,1H3. The molecule has 6 heteroatoms. The highest BCUT2D eigenvalue weighted by Gasteiger charge is 2.20. The molecule has 1 saturated heterocycles. The van der Waals surface area contributed by atoms with E-state index in [-0.39, 0.29) is 11.3 Å². The molecule has 0 bridgehead atoms. The van der Waals surface area contributed by atoms with Gasteiger partial charge in [0.2, 0.25) is 5.88 Å². The lowest BCUT2D eigenvalue weighted by atomic mass is 10.1. The molecule has 0 spiro atoms. The van der Waals surface area contributed by atoms with E-state index in [4.69, 9.17) is 22.1 Å². The van der Waals surface area contributed by atoms with Gasteiger partial charge < -0.3 is 15.4 Å². The molecule has 2 rings (SSSR count). The molecule has 1 aliphatic rings. The van der Waals surface area contributed by atoms with Gasteiger partial charge in [0.05, 0.1) is 0 Å². The average molecular weight is 243 g/mol. The number of ether oxygens (including phenoxy) is 1. The summed E-state index contributed by atoms with van der Waals surface area (Å²) in [7, 11) is 2.08. The molecule has 1 aromatic rings. The molecule has 2 N–H and O–H groups in total. The summed E-state index contributed by atoms with van der Waals surface area (Å²) in [6.07, 6.45) is 3.64. The Balaban J connectivity index is 2.05. The third-order valence-corrected chi connectivity index (χ3v) is 2.96. The minimum atomic E-state index is 0.131. The van der Waals surface area contributed by atoms with E-state index < -0.39 is 0 Å². The van der Waals surface area contributed by atoms with Crippen LogP contribution in [-0.4, -0.2) is 41.1 Å². The molecule has 0 aliphatic carbocycles. The highest BCUT2D eigenvalue weighted by molar-refractivity contribution is 6.32. The van der Waals surface area contributed by atoms with Crippen LogP contribution in [0.25, 0.3) is 0 Å². The number of aromatic nitrogens is 2. The first-order valence-corrected chi connectivity index (χ1v) is 5.66. The fourth-order valence-corrected chi connectivity index (χ4v) is 1.95. The summed E-state index contributed by atoms with van der Waals surface area (Å²) in [5.41, 5.74) is 6.06. The van der Waals surface area contributed by atoms with Gasteiger partial charge in [0, 0.05) is 6.54 Å². The summed E-state index contributed by atoms with van der Waals surface area (Å²) >= 11 is 5.79. The fourth-order valence-electron chi connectivity index (χ4n) is 1.83. The normalized spacial score (nSPS) is 22.0. The molecule has 1 aromatic heterocycles. The molecule has 1 aliphatic heterocycles. The van der Waals surface area contributed by atoms with Crippen LogP contribution in [0.3, 0.4) is 0 Å². The lowest BCUT2D eigenvalue weighted by Crippen LogP contribution is -2.38. The maximum Gasteiger partial charge on any atom is 0.242 e. The predicted octanol–water partition coefficient (Wildman–Crippen LogP) is 1.19. The summed E-state index contributed by atoms with van der Waals surface area (Å²) in [6, 6.07) is 0. The van der Waals surface area contributed by atoms with Gasteiger partial charge in [0.1, 0.15) is 18.1 Å². The summed E-state index contributed by atoms with van der Waals surface area (Å²) in [5, 5.41) is 0.245. The summed E-state index contributed by atoms with van der Waals surface area (Å²) in [6.45, 7) is 2.00. The van der Waals surface area contributed by atoms with Gasteiger partial charge in [-0.05, 0) is 26.4 Å². The Kier molecular flexibility index (Phi) is 3.46. The van der Waals surface area contributed by atoms with Crippen molar-refractivity contribution in [1.29, 1.82) is 0 Å². The van der Waals surface area contributed by atoms with E-state index >= 15 is 0 Å². The van der Waals surface area contributed by atoms with E-state index in [1.807, 2.05) is 0 Å². The van der Waals surface area contributed by atoms with Gasteiger partial charge in [-0.1, -0.05) is 11.6 Å². The van der Waals surface area contributed by atoms with Gasteiger partial charge in [-0.25, -0.2) is 4.98 Å². The molecule has 88 valence electrons. The van der Waals surface area contributed by atoms with Crippen molar-refractivity contribution in [3.63, 3.8) is 0 Å². The summed E-state index contributed by atoms with van der Waals surface area (Å²) in [5.74, 6) is 0.389. The molecule has 16 heavy (non-hydrogen) atoms. The Morgan fingerprint density at radius 1 is 1.56 bits per heavy atom. The zero-order valence-corrected chi connectivity index (χ0v) is 9.94. The Hall–Kier alpha value is -1.07. The Bertz CT molecular complexity index is 374. The van der Waals surface area contributed by atoms with Gasteiger partial charge in [-0.15, -0.1) is 0 Å². The second kappa shape index (κ2) is 4.84. The zero-order valence-electron chi connectivity index (χ0n) is 9.19. The molecule has 0 saturated carbocycles. The first-order valence-electron chi connectivity index (χ1n) is 5.28. The van der Waals surface area contributed by atoms with Gasteiger partial charge in [0.25, 0.3) is 0 Å². The monoisotopic (exact) mass is 242 g/mol. The largest absolute Gasteiger partial charge is 0.471 e. The van der Waals surface area contributed by atoms with Crippen molar-refractivity contribution in [3.8, 4) is 5.88 Å². The van der Waals surface area contributed by atoms with Crippen LogP contribution in [0.2, 0.25) is 5.15 Å². The summed E-state index contributed by atoms with van der Waals surface area (Å²) < 4.78 is 5.74. The SMILES string of the molecule is CN1CCCC(Oc2ncnc(Cl)c2N)C1. The van der Waals surface area contributed by atoms with Crippen LogP contribution in [-0.2, 0) is 0 Å². The highest BCUT2D eigenvalue weighted by Crippen LogP contribution is 2.26. The molecule has 1 fully saturated rings. The summed E-state index contributed by atoms with van der Waals surface area (Å²) in [4.78, 5) is 10.0. The van der Waals surface area contributed by atoms with Crippen LogP contribution in [0.15, 0.2) is 6.33 Å². The van der Waals surface area contributed by atoms with Crippen molar-refractivity contribution in [2.45, 2.75) is 18.9 Å². The van der Waals surface area contributed by atoms with E-state index in [2.05, 4.69) is 21.9 Å². The van der Waals surface area contributed by atoms with Gasteiger partial charge >= 0.3 is 0 Å². The third kappa shape index (κ3) is 2.54. The van der Waals surface area contributed by atoms with Crippen LogP contribution in [0.4, 0.5) is 5.69 Å². The number of hydrogen-bond donors (Lipinski definition) is 1. The van der Waals surface area contributed by atoms with Gasteiger partial charge in [-0.2, -0.15) is 4.98 Å². The predicted molar refractivity (Wildman–Crippen MR) is 62.6 cm³/mol. The number of nitrogen functional groups attached to an aromatic ring is 1. The lowest BCUT2D eigenvalue weighted by Gasteiger charge is -2.29. The molecule has 0 radical (unpaired) electrons. The number of piperidine rings is 1. The lowest BCUT2D eigenvalue weighted by molar-refractivity contribution is 0.101. The first-order chi connectivity index (χ1) is 7.66. The number of rotatable bonds is 2. The fraction of sp³-hybridized carbons (Fsp3) is 0.600. The molecule has 1 unspecified atom stereocenters. The molecule has 0 amide bonds. The minimum Gasteiger partial charge on any atom is -0.471 e. The number of anilines is 1. The van der Waals surface area contributed by atoms with Crippen molar-refractivity contribution >= 4 is 17.3 Å². The molecular weight excluding hydrogens is 228 g/mol.